The fourth-order valence-corrected chi connectivity index (χ4v) is 2.66. The summed E-state index contributed by atoms with van der Waals surface area (Å²) in [5, 5.41) is 3.89. The fraction of sp³-hybridized carbons (Fsp3) is 0.211. The summed E-state index contributed by atoms with van der Waals surface area (Å²) in [5.74, 6) is 0.0837. The van der Waals surface area contributed by atoms with Gasteiger partial charge in [0.05, 0.1) is 12.6 Å². The smallest absolute Gasteiger partial charge is 0.287 e. The highest BCUT2D eigenvalue weighted by molar-refractivity contribution is 5.99. The van der Waals surface area contributed by atoms with Crippen molar-refractivity contribution < 1.29 is 13.9 Å². The van der Waals surface area contributed by atoms with Gasteiger partial charge < -0.3 is 14.5 Å². The molecule has 0 spiro atoms. The minimum atomic E-state index is -0.232. The predicted octanol–water partition coefficient (Wildman–Crippen LogP) is 4.07. The number of carbonyl (C=O) groups is 1. The molecule has 3 aromatic rings. The molecule has 4 nitrogen and oxygen atoms in total. The molecule has 23 heavy (non-hydrogen) atoms. The van der Waals surface area contributed by atoms with Crippen molar-refractivity contribution in [3.8, 4) is 0 Å². The first-order valence-corrected chi connectivity index (χ1v) is 7.56. The molecular formula is C19H19NO3. The Bertz CT molecular complexity index is 808. The summed E-state index contributed by atoms with van der Waals surface area (Å²) in [6.45, 7) is 2.28. The zero-order chi connectivity index (χ0) is 16.2. The Morgan fingerprint density at radius 3 is 2.57 bits per heavy atom. The van der Waals surface area contributed by atoms with Gasteiger partial charge in [0.2, 0.25) is 0 Å². The van der Waals surface area contributed by atoms with Gasteiger partial charge >= 0.3 is 0 Å². The van der Waals surface area contributed by atoms with Gasteiger partial charge in [0.1, 0.15) is 5.58 Å². The first-order chi connectivity index (χ1) is 11.2. The Morgan fingerprint density at radius 1 is 1.13 bits per heavy atom. The van der Waals surface area contributed by atoms with Crippen molar-refractivity contribution in [2.75, 3.05) is 7.11 Å². The molecule has 0 aliphatic carbocycles. The van der Waals surface area contributed by atoms with Gasteiger partial charge in [-0.15, -0.1) is 0 Å². The highest BCUT2D eigenvalue weighted by atomic mass is 16.5. The second-order valence-electron chi connectivity index (χ2n) is 5.44. The minimum absolute atomic E-state index is 0.104. The number of para-hydroxylation sites is 1. The van der Waals surface area contributed by atoms with Gasteiger partial charge in [0.25, 0.3) is 5.91 Å². The lowest BCUT2D eigenvalue weighted by Crippen LogP contribution is -2.27. The van der Waals surface area contributed by atoms with Crippen molar-refractivity contribution in [2.45, 2.75) is 19.6 Å². The number of amides is 1. The molecule has 0 saturated heterocycles. The van der Waals surface area contributed by atoms with Gasteiger partial charge in [0.15, 0.2) is 5.76 Å². The first kappa shape index (κ1) is 15.3. The SMILES string of the molecule is COCc1c(C(=O)N[C@@H](C)c2ccccc2)oc2ccccc12. The Kier molecular flexibility index (Phi) is 4.44. The van der Waals surface area contributed by atoms with Crippen LogP contribution < -0.4 is 5.32 Å². The number of furan rings is 1. The van der Waals surface area contributed by atoms with E-state index in [1.165, 1.54) is 0 Å². The Hall–Kier alpha value is -2.59. The van der Waals surface area contributed by atoms with Crippen LogP contribution in [0, 0.1) is 0 Å². The van der Waals surface area contributed by atoms with Crippen LogP contribution in [0.25, 0.3) is 11.0 Å². The highest BCUT2D eigenvalue weighted by Gasteiger charge is 2.21. The number of carbonyl (C=O) groups excluding carboxylic acids is 1. The molecule has 1 amide bonds. The molecule has 1 heterocycles. The van der Waals surface area contributed by atoms with E-state index >= 15 is 0 Å². The molecule has 1 aromatic heterocycles. The van der Waals surface area contributed by atoms with Crippen molar-refractivity contribution in [3.05, 3.63) is 71.5 Å². The second-order valence-corrected chi connectivity index (χ2v) is 5.44. The zero-order valence-electron chi connectivity index (χ0n) is 13.2. The number of rotatable bonds is 5. The van der Waals surface area contributed by atoms with E-state index in [0.717, 1.165) is 16.5 Å². The third-order valence-electron chi connectivity index (χ3n) is 3.84. The predicted molar refractivity (Wildman–Crippen MR) is 89.3 cm³/mol. The van der Waals surface area contributed by atoms with Crippen molar-refractivity contribution >= 4 is 16.9 Å². The van der Waals surface area contributed by atoms with Crippen molar-refractivity contribution in [1.82, 2.24) is 5.32 Å². The summed E-state index contributed by atoms with van der Waals surface area (Å²) in [6, 6.07) is 17.3. The second kappa shape index (κ2) is 6.67. The maximum absolute atomic E-state index is 12.6. The normalized spacial score (nSPS) is 12.3. The summed E-state index contributed by atoms with van der Waals surface area (Å²) in [7, 11) is 1.61. The Labute approximate surface area is 135 Å². The van der Waals surface area contributed by atoms with Crippen LogP contribution >= 0.6 is 0 Å². The van der Waals surface area contributed by atoms with E-state index in [-0.39, 0.29) is 11.9 Å². The molecule has 0 unspecified atom stereocenters. The number of hydrogen-bond acceptors (Lipinski definition) is 3. The molecular weight excluding hydrogens is 290 g/mol. The molecule has 0 bridgehead atoms. The van der Waals surface area contributed by atoms with E-state index in [4.69, 9.17) is 9.15 Å². The summed E-state index contributed by atoms with van der Waals surface area (Å²) in [6.07, 6.45) is 0. The lowest BCUT2D eigenvalue weighted by molar-refractivity contribution is 0.0907. The molecule has 0 fully saturated rings. The fourth-order valence-electron chi connectivity index (χ4n) is 2.66. The Balaban J connectivity index is 1.90. The molecule has 4 heteroatoms. The largest absolute Gasteiger partial charge is 0.451 e. The quantitative estimate of drug-likeness (QED) is 0.773. The molecule has 2 aromatic carbocycles. The van der Waals surface area contributed by atoms with Gasteiger partial charge in [-0.3, -0.25) is 4.79 Å². The maximum Gasteiger partial charge on any atom is 0.287 e. The Morgan fingerprint density at radius 2 is 1.83 bits per heavy atom. The van der Waals surface area contributed by atoms with Crippen molar-refractivity contribution in [1.29, 1.82) is 0 Å². The lowest BCUT2D eigenvalue weighted by Gasteiger charge is -2.13. The lowest BCUT2D eigenvalue weighted by atomic mass is 10.1. The van der Waals surface area contributed by atoms with Gasteiger partial charge in [-0.2, -0.15) is 0 Å². The molecule has 0 aliphatic rings. The minimum Gasteiger partial charge on any atom is -0.451 e. The van der Waals surface area contributed by atoms with E-state index < -0.39 is 0 Å². The van der Waals surface area contributed by atoms with Crippen molar-refractivity contribution in [3.63, 3.8) is 0 Å². The van der Waals surface area contributed by atoms with Crippen LogP contribution in [0.15, 0.2) is 59.0 Å². The van der Waals surface area contributed by atoms with Crippen LogP contribution in [-0.4, -0.2) is 13.0 Å². The number of nitrogens with one attached hydrogen (secondary N) is 1. The topological polar surface area (TPSA) is 51.5 Å². The van der Waals surface area contributed by atoms with Gasteiger partial charge in [-0.1, -0.05) is 48.5 Å². The van der Waals surface area contributed by atoms with Crippen LogP contribution in [-0.2, 0) is 11.3 Å². The molecule has 0 radical (unpaired) electrons. The molecule has 118 valence electrons. The third-order valence-corrected chi connectivity index (χ3v) is 3.84. The average Bonchev–Trinajstić information content (AvgIpc) is 2.95. The van der Waals surface area contributed by atoms with Crippen molar-refractivity contribution in [2.24, 2.45) is 0 Å². The monoisotopic (exact) mass is 309 g/mol. The zero-order valence-corrected chi connectivity index (χ0v) is 13.2. The van der Waals surface area contributed by atoms with E-state index in [2.05, 4.69) is 5.32 Å². The van der Waals surface area contributed by atoms with Gasteiger partial charge in [-0.05, 0) is 18.6 Å². The number of methoxy groups -OCH3 is 1. The average molecular weight is 309 g/mol. The summed E-state index contributed by atoms with van der Waals surface area (Å²) < 4.78 is 11.0. The molecule has 1 N–H and O–H groups in total. The van der Waals surface area contributed by atoms with Gasteiger partial charge in [-0.25, -0.2) is 0 Å². The number of fused-ring (bicyclic) bond motifs is 1. The van der Waals surface area contributed by atoms with Gasteiger partial charge in [0, 0.05) is 18.1 Å². The van der Waals surface area contributed by atoms with E-state index in [1.807, 2.05) is 61.5 Å². The first-order valence-electron chi connectivity index (χ1n) is 7.56. The van der Waals surface area contributed by atoms with Crippen LogP contribution in [0.4, 0.5) is 0 Å². The van der Waals surface area contributed by atoms with Crippen LogP contribution in [0.5, 0.6) is 0 Å². The molecule has 0 saturated carbocycles. The number of ether oxygens (including phenoxy) is 1. The standard InChI is InChI=1S/C19H19NO3/c1-13(14-8-4-3-5-9-14)20-19(21)18-16(12-22-2)15-10-6-7-11-17(15)23-18/h3-11,13H,12H2,1-2H3,(H,20,21)/t13-/m0/s1. The van der Waals surface area contributed by atoms with E-state index in [1.54, 1.807) is 7.11 Å². The summed E-state index contributed by atoms with van der Waals surface area (Å²) >= 11 is 0. The van der Waals surface area contributed by atoms with E-state index in [9.17, 15) is 4.79 Å². The van der Waals surface area contributed by atoms with E-state index in [0.29, 0.717) is 18.0 Å². The number of benzene rings is 2. The highest BCUT2D eigenvalue weighted by Crippen LogP contribution is 2.27. The summed E-state index contributed by atoms with van der Waals surface area (Å²) in [5.41, 5.74) is 2.52. The van der Waals surface area contributed by atoms with Crippen LogP contribution in [0.2, 0.25) is 0 Å². The maximum atomic E-state index is 12.6. The summed E-state index contributed by atoms with van der Waals surface area (Å²) in [4.78, 5) is 12.6. The molecule has 1 atom stereocenters. The number of hydrogen-bond donors (Lipinski definition) is 1. The third kappa shape index (κ3) is 3.12. The molecule has 0 aliphatic heterocycles. The van der Waals surface area contributed by atoms with Crippen LogP contribution in [0.3, 0.4) is 0 Å². The van der Waals surface area contributed by atoms with Crippen LogP contribution in [0.1, 0.15) is 34.6 Å². The molecule has 3 rings (SSSR count).